The lowest BCUT2D eigenvalue weighted by Crippen LogP contribution is -2.65. The van der Waals surface area contributed by atoms with Gasteiger partial charge in [-0.2, -0.15) is 0 Å². The second kappa shape index (κ2) is 4.13. The van der Waals surface area contributed by atoms with E-state index in [4.69, 9.17) is 9.47 Å². The molecule has 2 aliphatic heterocycles. The van der Waals surface area contributed by atoms with Gasteiger partial charge in [0.25, 0.3) is 0 Å². The van der Waals surface area contributed by atoms with Gasteiger partial charge < -0.3 is 9.47 Å². The fraction of sp³-hybridized carbons (Fsp3) is 0.462. The summed E-state index contributed by atoms with van der Waals surface area (Å²) in [5.74, 6) is 0.178. The molecule has 0 spiro atoms. The Morgan fingerprint density at radius 1 is 1.29 bits per heavy atom. The monoisotopic (exact) mass is 233 g/mol. The second-order valence-corrected chi connectivity index (χ2v) is 4.42. The Morgan fingerprint density at radius 3 is 2.76 bits per heavy atom. The van der Waals surface area contributed by atoms with Crippen LogP contribution in [0.3, 0.4) is 0 Å². The zero-order chi connectivity index (χ0) is 11.8. The number of nitrogens with zero attached hydrogens (tertiary/aromatic N) is 1. The third-order valence-corrected chi connectivity index (χ3v) is 3.46. The van der Waals surface area contributed by atoms with Crippen LogP contribution in [0.5, 0.6) is 0 Å². The summed E-state index contributed by atoms with van der Waals surface area (Å²) in [5.41, 5.74) is 0.899. The Labute approximate surface area is 100 Å². The minimum absolute atomic E-state index is 0.0154. The molecule has 0 aromatic heterocycles. The Bertz CT molecular complexity index is 420. The topological polar surface area (TPSA) is 38.8 Å². The van der Waals surface area contributed by atoms with E-state index in [1.165, 1.54) is 0 Å². The highest BCUT2D eigenvalue weighted by Crippen LogP contribution is 2.40. The predicted octanol–water partition coefficient (Wildman–Crippen LogP) is 1.76. The number of hydrogen-bond acceptors (Lipinski definition) is 3. The van der Waals surface area contributed by atoms with Gasteiger partial charge in [0.15, 0.2) is 12.5 Å². The van der Waals surface area contributed by atoms with Gasteiger partial charge in [-0.15, -0.1) is 0 Å². The van der Waals surface area contributed by atoms with Gasteiger partial charge >= 0.3 is 0 Å². The van der Waals surface area contributed by atoms with E-state index in [-0.39, 0.29) is 24.3 Å². The molecule has 0 aliphatic carbocycles. The van der Waals surface area contributed by atoms with E-state index in [2.05, 4.69) is 0 Å². The van der Waals surface area contributed by atoms with Crippen molar-refractivity contribution in [1.82, 2.24) is 0 Å². The van der Waals surface area contributed by atoms with Crippen molar-refractivity contribution in [2.75, 3.05) is 12.0 Å². The average Bonchev–Trinajstić information content (AvgIpc) is 2.39. The molecular weight excluding hydrogens is 218 g/mol. The summed E-state index contributed by atoms with van der Waals surface area (Å²) in [4.78, 5) is 13.7. The maximum atomic E-state index is 12.0. The normalized spacial score (nSPS) is 31.9. The number of benzene rings is 1. The van der Waals surface area contributed by atoms with Crippen LogP contribution in [0.15, 0.2) is 30.3 Å². The molecule has 0 saturated carbocycles. The van der Waals surface area contributed by atoms with Crippen molar-refractivity contribution in [2.24, 2.45) is 5.92 Å². The number of anilines is 1. The van der Waals surface area contributed by atoms with Crippen LogP contribution in [0.1, 0.15) is 12.8 Å². The van der Waals surface area contributed by atoms with Crippen molar-refractivity contribution >= 4 is 11.6 Å². The van der Waals surface area contributed by atoms with Crippen LogP contribution in [0.2, 0.25) is 0 Å². The van der Waals surface area contributed by atoms with Crippen LogP contribution in [-0.2, 0) is 14.3 Å². The Balaban J connectivity index is 1.81. The van der Waals surface area contributed by atoms with E-state index in [1.54, 1.807) is 12.0 Å². The molecule has 3 atom stereocenters. The summed E-state index contributed by atoms with van der Waals surface area (Å²) in [6, 6.07) is 9.63. The first kappa shape index (κ1) is 10.7. The fourth-order valence-corrected chi connectivity index (χ4v) is 2.52. The van der Waals surface area contributed by atoms with E-state index in [0.29, 0.717) is 0 Å². The molecular formula is C13H15NO3. The quantitative estimate of drug-likeness (QED) is 0.731. The molecule has 1 amide bonds. The smallest absolute Gasteiger partial charge is 0.236 e. The summed E-state index contributed by atoms with van der Waals surface area (Å²) >= 11 is 0. The van der Waals surface area contributed by atoms with Crippen LogP contribution in [0, 0.1) is 5.92 Å². The predicted molar refractivity (Wildman–Crippen MR) is 62.3 cm³/mol. The first-order valence-corrected chi connectivity index (χ1v) is 5.87. The van der Waals surface area contributed by atoms with Crippen LogP contribution in [0.4, 0.5) is 5.69 Å². The zero-order valence-electron chi connectivity index (χ0n) is 9.70. The first-order chi connectivity index (χ1) is 8.31. The van der Waals surface area contributed by atoms with E-state index >= 15 is 0 Å². The van der Waals surface area contributed by atoms with Gasteiger partial charge in [0.05, 0.1) is 5.92 Å². The molecule has 4 heteroatoms. The molecule has 2 saturated heterocycles. The number of carbonyl (C=O) groups excluding carboxylic acids is 1. The van der Waals surface area contributed by atoms with Crippen molar-refractivity contribution in [3.05, 3.63) is 30.3 Å². The summed E-state index contributed by atoms with van der Waals surface area (Å²) in [5, 5.41) is 0. The number of amides is 1. The number of fused-ring (bicyclic) bond motifs is 1. The van der Waals surface area contributed by atoms with Gasteiger partial charge in [-0.05, 0) is 25.0 Å². The van der Waals surface area contributed by atoms with Crippen molar-refractivity contribution in [2.45, 2.75) is 25.4 Å². The molecule has 90 valence electrons. The van der Waals surface area contributed by atoms with Gasteiger partial charge in [-0.25, -0.2) is 0 Å². The molecule has 0 radical (unpaired) electrons. The maximum Gasteiger partial charge on any atom is 0.236 e. The van der Waals surface area contributed by atoms with E-state index in [9.17, 15) is 4.79 Å². The number of β-lactam (4-membered cyclic amide) rings is 1. The number of ether oxygens (including phenoxy) is 2. The maximum absolute atomic E-state index is 12.0. The number of carbonyl (C=O) groups is 1. The molecule has 3 rings (SSSR count). The van der Waals surface area contributed by atoms with Crippen molar-refractivity contribution in [3.8, 4) is 0 Å². The van der Waals surface area contributed by atoms with Crippen molar-refractivity contribution in [1.29, 1.82) is 0 Å². The number of hydrogen-bond donors (Lipinski definition) is 0. The zero-order valence-corrected chi connectivity index (χ0v) is 9.70. The van der Waals surface area contributed by atoms with Crippen molar-refractivity contribution in [3.63, 3.8) is 0 Å². The highest BCUT2D eigenvalue weighted by molar-refractivity contribution is 6.02. The SMILES string of the molecule is CO[C@H]1CC[C@H]2C(=O)N(c3ccccc3)[C@H]2O1. The van der Waals surface area contributed by atoms with Gasteiger partial charge in [0, 0.05) is 12.8 Å². The van der Waals surface area contributed by atoms with E-state index in [0.717, 1.165) is 18.5 Å². The van der Waals surface area contributed by atoms with Gasteiger partial charge in [-0.1, -0.05) is 18.2 Å². The summed E-state index contributed by atoms with van der Waals surface area (Å²) in [6.45, 7) is 0. The van der Waals surface area contributed by atoms with Gasteiger partial charge in [0.2, 0.25) is 5.91 Å². The minimum atomic E-state index is -0.185. The second-order valence-electron chi connectivity index (χ2n) is 4.42. The van der Waals surface area contributed by atoms with Crippen LogP contribution >= 0.6 is 0 Å². The van der Waals surface area contributed by atoms with E-state index < -0.39 is 0 Å². The Morgan fingerprint density at radius 2 is 2.06 bits per heavy atom. The summed E-state index contributed by atoms with van der Waals surface area (Å²) in [6.07, 6.45) is 1.32. The van der Waals surface area contributed by atoms with E-state index in [1.807, 2.05) is 30.3 Å². The molecule has 1 aromatic rings. The molecule has 2 heterocycles. The minimum Gasteiger partial charge on any atom is -0.356 e. The Kier molecular flexibility index (Phi) is 2.61. The van der Waals surface area contributed by atoms with Crippen LogP contribution < -0.4 is 4.90 Å². The third kappa shape index (κ3) is 1.64. The number of rotatable bonds is 2. The molecule has 2 aliphatic rings. The lowest BCUT2D eigenvalue weighted by molar-refractivity contribution is -0.216. The molecule has 0 N–H and O–H groups in total. The lowest BCUT2D eigenvalue weighted by atomic mass is 9.88. The highest BCUT2D eigenvalue weighted by atomic mass is 16.7. The number of methoxy groups -OCH3 is 1. The standard InChI is InChI=1S/C13H15NO3/c1-16-11-8-7-10-12(15)14(13(10)17-11)9-5-3-2-4-6-9/h2-6,10-11,13H,7-8H2,1H3/t10-,11+,13-/m0/s1. The molecule has 17 heavy (non-hydrogen) atoms. The fourth-order valence-electron chi connectivity index (χ4n) is 2.52. The van der Waals surface area contributed by atoms with Crippen LogP contribution in [0.25, 0.3) is 0 Å². The summed E-state index contributed by atoms with van der Waals surface area (Å²) < 4.78 is 11.0. The third-order valence-electron chi connectivity index (χ3n) is 3.46. The van der Waals surface area contributed by atoms with Crippen molar-refractivity contribution < 1.29 is 14.3 Å². The molecule has 0 unspecified atom stereocenters. The first-order valence-electron chi connectivity index (χ1n) is 5.87. The average molecular weight is 233 g/mol. The van der Waals surface area contributed by atoms with Crippen LogP contribution in [-0.4, -0.2) is 25.5 Å². The highest BCUT2D eigenvalue weighted by Gasteiger charge is 2.52. The number of para-hydroxylation sites is 1. The van der Waals surface area contributed by atoms with Gasteiger partial charge in [0.1, 0.15) is 0 Å². The molecule has 4 nitrogen and oxygen atoms in total. The Hall–Kier alpha value is -1.39. The molecule has 0 bridgehead atoms. The molecule has 1 aromatic carbocycles. The summed E-state index contributed by atoms with van der Waals surface area (Å²) in [7, 11) is 1.64. The largest absolute Gasteiger partial charge is 0.356 e. The van der Waals surface area contributed by atoms with Gasteiger partial charge in [-0.3, -0.25) is 9.69 Å². The lowest BCUT2D eigenvalue weighted by Gasteiger charge is -2.50. The molecule has 2 fully saturated rings.